The first-order valence-corrected chi connectivity index (χ1v) is 9.27. The Hall–Kier alpha value is -1.56. The lowest BCUT2D eigenvalue weighted by molar-refractivity contribution is -0.136. The zero-order valence-electron chi connectivity index (χ0n) is 14.8. The first-order valence-electron chi connectivity index (χ1n) is 8.89. The van der Waals surface area contributed by atoms with E-state index in [1.165, 1.54) is 0 Å². The molecule has 0 aliphatic carbocycles. The molecule has 2 fully saturated rings. The van der Waals surface area contributed by atoms with Crippen LogP contribution in [0.1, 0.15) is 35.9 Å². The van der Waals surface area contributed by atoms with Gasteiger partial charge in [0.1, 0.15) is 0 Å². The van der Waals surface area contributed by atoms with Crippen molar-refractivity contribution in [1.82, 2.24) is 20.0 Å². The molecule has 2 aromatic rings. The van der Waals surface area contributed by atoms with E-state index in [0.717, 1.165) is 48.6 Å². The molecule has 0 radical (unpaired) electrons. The van der Waals surface area contributed by atoms with E-state index in [9.17, 15) is 4.79 Å². The quantitative estimate of drug-likeness (QED) is 0.869. The molecular formula is C19H24Cl2N4O. The predicted octanol–water partition coefficient (Wildman–Crippen LogP) is 3.16. The summed E-state index contributed by atoms with van der Waals surface area (Å²) in [6.45, 7) is 2.36. The van der Waals surface area contributed by atoms with Crippen molar-refractivity contribution in [3.8, 4) is 0 Å². The highest BCUT2D eigenvalue weighted by atomic mass is 35.5. The zero-order chi connectivity index (χ0) is 17.4. The molecule has 1 aromatic heterocycles. The predicted molar refractivity (Wildman–Crippen MR) is 105 cm³/mol. The van der Waals surface area contributed by atoms with E-state index in [1.807, 2.05) is 48.6 Å². The van der Waals surface area contributed by atoms with Gasteiger partial charge in [0.25, 0.3) is 0 Å². The summed E-state index contributed by atoms with van der Waals surface area (Å²) in [6.07, 6.45) is 5.91. The molecule has 140 valence electrons. The second-order valence-electron chi connectivity index (χ2n) is 7.03. The molecule has 2 aliphatic rings. The van der Waals surface area contributed by atoms with Gasteiger partial charge in [0.05, 0.1) is 18.2 Å². The fourth-order valence-electron chi connectivity index (χ4n) is 4.23. The average molecular weight is 395 g/mol. The van der Waals surface area contributed by atoms with Gasteiger partial charge in [0, 0.05) is 43.8 Å². The van der Waals surface area contributed by atoms with Gasteiger partial charge in [-0.15, -0.1) is 12.4 Å². The molecule has 4 rings (SSSR count). The van der Waals surface area contributed by atoms with Crippen LogP contribution in [0.5, 0.6) is 0 Å². The first kappa shape index (κ1) is 19.2. The van der Waals surface area contributed by atoms with E-state index in [2.05, 4.69) is 10.4 Å². The van der Waals surface area contributed by atoms with Gasteiger partial charge in [-0.2, -0.15) is 5.10 Å². The number of nitrogens with one attached hydrogen (secondary N) is 1. The highest BCUT2D eigenvalue weighted by Crippen LogP contribution is 2.39. The Morgan fingerprint density at radius 2 is 2.12 bits per heavy atom. The van der Waals surface area contributed by atoms with E-state index >= 15 is 0 Å². The van der Waals surface area contributed by atoms with E-state index < -0.39 is 0 Å². The van der Waals surface area contributed by atoms with Crippen molar-refractivity contribution in [1.29, 1.82) is 0 Å². The van der Waals surface area contributed by atoms with E-state index in [4.69, 9.17) is 11.6 Å². The van der Waals surface area contributed by atoms with Crippen molar-refractivity contribution >= 4 is 29.9 Å². The lowest BCUT2D eigenvalue weighted by Crippen LogP contribution is -2.38. The van der Waals surface area contributed by atoms with Crippen molar-refractivity contribution in [2.45, 2.75) is 24.8 Å². The molecule has 2 aliphatic heterocycles. The fraction of sp³-hybridized carbons (Fsp3) is 0.474. The maximum absolute atomic E-state index is 13.3. The van der Waals surface area contributed by atoms with Crippen molar-refractivity contribution in [3.05, 3.63) is 52.8 Å². The number of aromatic nitrogens is 2. The Balaban J connectivity index is 0.00000196. The molecule has 5 nitrogen and oxygen atoms in total. The summed E-state index contributed by atoms with van der Waals surface area (Å²) in [7, 11) is 1.91. The fourth-order valence-corrected chi connectivity index (χ4v) is 4.49. The number of hydrogen-bond donors (Lipinski definition) is 1. The third-order valence-corrected chi connectivity index (χ3v) is 5.83. The third kappa shape index (κ3) is 3.48. The average Bonchev–Trinajstić information content (AvgIpc) is 3.34. The Morgan fingerprint density at radius 3 is 2.85 bits per heavy atom. The van der Waals surface area contributed by atoms with Crippen molar-refractivity contribution in [2.75, 3.05) is 19.6 Å². The van der Waals surface area contributed by atoms with Gasteiger partial charge in [-0.05, 0) is 30.0 Å². The number of likely N-dealkylation sites (tertiary alicyclic amines) is 1. The number of hydrogen-bond acceptors (Lipinski definition) is 3. The standard InChI is InChI=1S/C19H23ClN4O.ClH/c1-23-12-13(9-22-23)15-10-21-11-16(15)19(25)24-8-4-7-18(24)14-5-2-3-6-17(14)20;/h2-3,5-6,9,12,15-16,18,21H,4,7-8,10-11H2,1H3;1H/t15-,16+,18?;/m1./s1. The summed E-state index contributed by atoms with van der Waals surface area (Å²) in [6, 6.07) is 7.98. The smallest absolute Gasteiger partial charge is 0.228 e. The SMILES string of the molecule is Cl.Cn1cc([C@H]2CNC[C@@H]2C(=O)N2CCCC2c2ccccc2Cl)cn1. The maximum atomic E-state index is 13.3. The Kier molecular flexibility index (Phi) is 5.90. The van der Waals surface area contributed by atoms with Crippen LogP contribution in [-0.2, 0) is 11.8 Å². The summed E-state index contributed by atoms with van der Waals surface area (Å²) >= 11 is 6.40. The minimum Gasteiger partial charge on any atom is -0.335 e. The van der Waals surface area contributed by atoms with Crippen molar-refractivity contribution in [2.24, 2.45) is 13.0 Å². The molecular weight excluding hydrogens is 371 g/mol. The molecule has 0 spiro atoms. The molecule has 1 N–H and O–H groups in total. The van der Waals surface area contributed by atoms with Gasteiger partial charge in [0.2, 0.25) is 5.91 Å². The number of rotatable bonds is 3. The highest BCUT2D eigenvalue weighted by molar-refractivity contribution is 6.31. The second kappa shape index (κ2) is 7.99. The van der Waals surface area contributed by atoms with Gasteiger partial charge in [0.15, 0.2) is 0 Å². The largest absolute Gasteiger partial charge is 0.335 e. The molecule has 2 saturated heterocycles. The number of carbonyl (C=O) groups excluding carboxylic acids is 1. The van der Waals surface area contributed by atoms with Gasteiger partial charge in [-0.25, -0.2) is 0 Å². The molecule has 0 bridgehead atoms. The third-order valence-electron chi connectivity index (χ3n) is 5.48. The second-order valence-corrected chi connectivity index (χ2v) is 7.44. The van der Waals surface area contributed by atoms with Crippen molar-refractivity contribution in [3.63, 3.8) is 0 Å². The monoisotopic (exact) mass is 394 g/mol. The zero-order valence-corrected chi connectivity index (χ0v) is 16.3. The minimum absolute atomic E-state index is 0. The lowest BCUT2D eigenvalue weighted by atomic mass is 9.89. The Morgan fingerprint density at radius 1 is 1.31 bits per heavy atom. The van der Waals surface area contributed by atoms with E-state index in [1.54, 1.807) is 4.68 Å². The summed E-state index contributed by atoms with van der Waals surface area (Å²) in [5.74, 6) is 0.391. The van der Waals surface area contributed by atoms with Gasteiger partial charge < -0.3 is 10.2 Å². The van der Waals surface area contributed by atoms with Crippen LogP contribution in [0, 0.1) is 5.92 Å². The number of benzene rings is 1. The molecule has 1 aromatic carbocycles. The summed E-state index contributed by atoms with van der Waals surface area (Å²) in [5.41, 5.74) is 2.21. The molecule has 0 saturated carbocycles. The summed E-state index contributed by atoms with van der Waals surface area (Å²) in [4.78, 5) is 15.4. The van der Waals surface area contributed by atoms with Crippen molar-refractivity contribution < 1.29 is 4.79 Å². The van der Waals surface area contributed by atoms with Crippen LogP contribution < -0.4 is 5.32 Å². The lowest BCUT2D eigenvalue weighted by Gasteiger charge is -2.30. The number of nitrogens with zero attached hydrogens (tertiary/aromatic N) is 3. The summed E-state index contributed by atoms with van der Waals surface area (Å²) in [5, 5.41) is 8.41. The molecule has 26 heavy (non-hydrogen) atoms. The molecule has 3 atom stereocenters. The Bertz CT molecular complexity index is 778. The normalized spacial score (nSPS) is 25.3. The summed E-state index contributed by atoms with van der Waals surface area (Å²) < 4.78 is 1.80. The number of halogens is 2. The van der Waals surface area contributed by atoms with Crippen LogP contribution in [0.4, 0.5) is 0 Å². The highest BCUT2D eigenvalue weighted by Gasteiger charge is 2.41. The topological polar surface area (TPSA) is 50.2 Å². The van der Waals surface area contributed by atoms with Crippen LogP contribution in [0.25, 0.3) is 0 Å². The maximum Gasteiger partial charge on any atom is 0.228 e. The minimum atomic E-state index is -0.0349. The molecule has 1 unspecified atom stereocenters. The van der Waals surface area contributed by atoms with Crippen LogP contribution in [0.2, 0.25) is 5.02 Å². The van der Waals surface area contributed by atoms with Gasteiger partial charge in [-0.1, -0.05) is 29.8 Å². The van der Waals surface area contributed by atoms with Gasteiger partial charge >= 0.3 is 0 Å². The van der Waals surface area contributed by atoms with Crippen LogP contribution in [-0.4, -0.2) is 40.2 Å². The van der Waals surface area contributed by atoms with Crippen LogP contribution in [0.3, 0.4) is 0 Å². The number of amides is 1. The van der Waals surface area contributed by atoms with Crippen LogP contribution in [0.15, 0.2) is 36.7 Å². The Labute approximate surface area is 165 Å². The van der Waals surface area contributed by atoms with E-state index in [0.29, 0.717) is 0 Å². The number of aryl methyl sites for hydroxylation is 1. The molecule has 7 heteroatoms. The van der Waals surface area contributed by atoms with Gasteiger partial charge in [-0.3, -0.25) is 9.48 Å². The first-order chi connectivity index (χ1) is 12.1. The molecule has 3 heterocycles. The van der Waals surface area contributed by atoms with E-state index in [-0.39, 0.29) is 36.2 Å². The van der Waals surface area contributed by atoms with Crippen LogP contribution >= 0.6 is 24.0 Å². The molecule has 1 amide bonds. The number of carbonyl (C=O) groups is 1.